The summed E-state index contributed by atoms with van der Waals surface area (Å²) in [5.41, 5.74) is 2.46. The van der Waals surface area contributed by atoms with Crippen molar-refractivity contribution < 1.29 is 4.79 Å². The summed E-state index contributed by atoms with van der Waals surface area (Å²) in [4.78, 5) is 24.8. The number of thiophene rings is 1. The molecule has 3 aromatic rings. The number of carbonyl (C=O) groups excluding carboxylic acids is 1. The molecule has 0 aliphatic heterocycles. The summed E-state index contributed by atoms with van der Waals surface area (Å²) in [5.74, 6) is -0.167. The van der Waals surface area contributed by atoms with Crippen LogP contribution in [0.15, 0.2) is 64.9 Å². The van der Waals surface area contributed by atoms with Crippen molar-refractivity contribution in [2.45, 2.75) is 13.5 Å². The molecule has 0 bridgehead atoms. The second-order valence-electron chi connectivity index (χ2n) is 5.03. The Morgan fingerprint density at radius 1 is 1.13 bits per heavy atom. The highest BCUT2D eigenvalue weighted by atomic mass is 32.1. The number of nitrogens with one attached hydrogen (secondary N) is 1. The number of rotatable bonds is 4. The van der Waals surface area contributed by atoms with Crippen molar-refractivity contribution in [2.24, 2.45) is 0 Å². The summed E-state index contributed by atoms with van der Waals surface area (Å²) < 4.78 is 1.56. The average molecular weight is 324 g/mol. The minimum Gasteiger partial charge on any atom is -0.320 e. The minimum absolute atomic E-state index is 0.0772. The van der Waals surface area contributed by atoms with Gasteiger partial charge in [0.25, 0.3) is 11.5 Å². The zero-order valence-corrected chi connectivity index (χ0v) is 13.5. The molecule has 0 aliphatic carbocycles. The topological polar surface area (TPSA) is 51.1 Å². The molecule has 23 heavy (non-hydrogen) atoms. The molecule has 0 aliphatic rings. The maximum atomic E-state index is 12.6. The largest absolute Gasteiger partial charge is 0.320 e. The maximum Gasteiger partial charge on any atom is 0.266 e. The van der Waals surface area contributed by atoms with E-state index >= 15 is 0 Å². The molecule has 4 nitrogen and oxygen atoms in total. The number of pyridine rings is 1. The Bertz CT molecular complexity index is 881. The van der Waals surface area contributed by atoms with E-state index in [1.54, 1.807) is 16.8 Å². The van der Waals surface area contributed by atoms with Gasteiger partial charge in [-0.2, -0.15) is 0 Å². The van der Waals surface area contributed by atoms with Crippen LogP contribution in [-0.4, -0.2) is 10.5 Å². The third kappa shape index (κ3) is 3.24. The third-order valence-electron chi connectivity index (χ3n) is 3.54. The number of aryl methyl sites for hydroxylation is 1. The van der Waals surface area contributed by atoms with Crippen LogP contribution in [0.4, 0.5) is 5.69 Å². The van der Waals surface area contributed by atoms with Crippen molar-refractivity contribution in [3.8, 4) is 11.1 Å². The van der Waals surface area contributed by atoms with Crippen molar-refractivity contribution in [1.29, 1.82) is 0 Å². The van der Waals surface area contributed by atoms with Gasteiger partial charge >= 0.3 is 0 Å². The van der Waals surface area contributed by atoms with E-state index in [2.05, 4.69) is 5.32 Å². The summed E-state index contributed by atoms with van der Waals surface area (Å²) in [6.45, 7) is 2.45. The van der Waals surface area contributed by atoms with Crippen LogP contribution in [0.2, 0.25) is 0 Å². The number of carbonyl (C=O) groups is 1. The Balaban J connectivity index is 1.88. The molecule has 1 N–H and O–H groups in total. The molecule has 2 heterocycles. The van der Waals surface area contributed by atoms with Crippen LogP contribution in [0.3, 0.4) is 0 Å². The second kappa shape index (κ2) is 6.62. The molecule has 0 saturated carbocycles. The van der Waals surface area contributed by atoms with Crippen molar-refractivity contribution >= 4 is 22.9 Å². The molecule has 0 radical (unpaired) electrons. The number of amides is 1. The maximum absolute atomic E-state index is 12.6. The van der Waals surface area contributed by atoms with Gasteiger partial charge in [-0.15, -0.1) is 11.3 Å². The van der Waals surface area contributed by atoms with Crippen LogP contribution in [0.1, 0.15) is 16.6 Å². The highest BCUT2D eigenvalue weighted by Crippen LogP contribution is 2.28. The minimum atomic E-state index is -0.167. The molecule has 0 fully saturated rings. The Labute approximate surface area is 138 Å². The summed E-state index contributed by atoms with van der Waals surface area (Å²) in [6.07, 6.45) is 1.66. The van der Waals surface area contributed by atoms with Gasteiger partial charge in [0.1, 0.15) is 0 Å². The predicted octanol–water partition coefficient (Wildman–Crippen LogP) is 3.85. The summed E-state index contributed by atoms with van der Waals surface area (Å²) >= 11 is 1.40. The Morgan fingerprint density at radius 2 is 1.91 bits per heavy atom. The lowest BCUT2D eigenvalue weighted by Crippen LogP contribution is -2.19. The van der Waals surface area contributed by atoms with E-state index in [4.69, 9.17) is 0 Å². The van der Waals surface area contributed by atoms with E-state index in [1.165, 1.54) is 17.4 Å². The first kappa shape index (κ1) is 15.2. The Kier molecular flexibility index (Phi) is 4.39. The van der Waals surface area contributed by atoms with Crippen molar-refractivity contribution in [3.63, 3.8) is 0 Å². The fourth-order valence-electron chi connectivity index (χ4n) is 2.37. The Morgan fingerprint density at radius 3 is 2.65 bits per heavy atom. The van der Waals surface area contributed by atoms with Gasteiger partial charge in [0.2, 0.25) is 0 Å². The van der Waals surface area contributed by atoms with Gasteiger partial charge < -0.3 is 9.88 Å². The zero-order valence-electron chi connectivity index (χ0n) is 12.7. The monoisotopic (exact) mass is 324 g/mol. The first-order valence-electron chi connectivity index (χ1n) is 7.34. The molecule has 0 unspecified atom stereocenters. The zero-order chi connectivity index (χ0) is 16.2. The fraction of sp³-hybridized carbons (Fsp3) is 0.111. The van der Waals surface area contributed by atoms with Crippen molar-refractivity contribution in [2.75, 3.05) is 5.32 Å². The Hall–Kier alpha value is -2.66. The first-order valence-corrected chi connectivity index (χ1v) is 8.21. The molecule has 1 amide bonds. The molecule has 1 aromatic carbocycles. The van der Waals surface area contributed by atoms with Gasteiger partial charge in [-0.25, -0.2) is 0 Å². The van der Waals surface area contributed by atoms with E-state index in [0.29, 0.717) is 17.1 Å². The molecule has 5 heteroatoms. The normalized spacial score (nSPS) is 10.5. The molecule has 2 aromatic heterocycles. The van der Waals surface area contributed by atoms with Crippen molar-refractivity contribution in [3.05, 3.63) is 75.3 Å². The standard InChI is InChI=1S/C18H16N2O2S/c1-2-20-12-14(8-9-16(20)21)19-18(22)17-15(10-11-23-17)13-6-4-3-5-7-13/h3-12H,2H2,1H3,(H,19,22). The molecule has 0 atom stereocenters. The second-order valence-corrected chi connectivity index (χ2v) is 5.94. The quantitative estimate of drug-likeness (QED) is 0.792. The van der Waals surface area contributed by atoms with Crippen molar-refractivity contribution in [1.82, 2.24) is 4.57 Å². The summed E-state index contributed by atoms with van der Waals surface area (Å²) in [7, 11) is 0. The number of hydrogen-bond acceptors (Lipinski definition) is 3. The number of nitrogens with zero attached hydrogens (tertiary/aromatic N) is 1. The molecular weight excluding hydrogens is 308 g/mol. The number of anilines is 1. The predicted molar refractivity (Wildman–Crippen MR) is 94.1 cm³/mol. The van der Waals surface area contributed by atoms with Gasteiger partial charge in [0.15, 0.2) is 0 Å². The average Bonchev–Trinajstić information content (AvgIpc) is 3.07. The van der Waals surface area contributed by atoms with Gasteiger partial charge in [0.05, 0.1) is 10.6 Å². The highest BCUT2D eigenvalue weighted by Gasteiger charge is 2.15. The fourth-order valence-corrected chi connectivity index (χ4v) is 3.18. The van der Waals surface area contributed by atoms with Gasteiger partial charge in [-0.3, -0.25) is 9.59 Å². The van der Waals surface area contributed by atoms with E-state index < -0.39 is 0 Å². The lowest BCUT2D eigenvalue weighted by Gasteiger charge is -2.08. The van der Waals surface area contributed by atoms with E-state index in [9.17, 15) is 9.59 Å². The lowest BCUT2D eigenvalue weighted by molar-refractivity contribution is 0.103. The van der Waals surface area contributed by atoms with Crippen LogP contribution in [0, 0.1) is 0 Å². The number of benzene rings is 1. The molecule has 3 rings (SSSR count). The summed E-state index contributed by atoms with van der Waals surface area (Å²) in [5, 5.41) is 4.78. The number of aromatic nitrogens is 1. The van der Waals surface area contributed by atoms with Gasteiger partial charge in [0, 0.05) is 24.4 Å². The van der Waals surface area contributed by atoms with E-state index in [1.807, 2.05) is 48.7 Å². The molecule has 0 spiro atoms. The van der Waals surface area contributed by atoms with Crippen LogP contribution in [0.5, 0.6) is 0 Å². The van der Waals surface area contributed by atoms with E-state index in [-0.39, 0.29) is 11.5 Å². The third-order valence-corrected chi connectivity index (χ3v) is 4.45. The van der Waals surface area contributed by atoms with Gasteiger partial charge in [-0.05, 0) is 30.0 Å². The SMILES string of the molecule is CCn1cc(NC(=O)c2sccc2-c2ccccc2)ccc1=O. The van der Waals surface area contributed by atoms with E-state index in [0.717, 1.165) is 11.1 Å². The smallest absolute Gasteiger partial charge is 0.266 e. The summed E-state index contributed by atoms with van der Waals surface area (Å²) in [6, 6.07) is 14.9. The lowest BCUT2D eigenvalue weighted by atomic mass is 10.1. The molecule has 116 valence electrons. The highest BCUT2D eigenvalue weighted by molar-refractivity contribution is 7.12. The van der Waals surface area contributed by atoms with Crippen LogP contribution in [-0.2, 0) is 6.54 Å². The number of hydrogen-bond donors (Lipinski definition) is 1. The first-order chi connectivity index (χ1) is 11.2. The van der Waals surface area contributed by atoms with Crippen LogP contribution >= 0.6 is 11.3 Å². The molecular formula is C18H16N2O2S. The molecule has 0 saturated heterocycles. The van der Waals surface area contributed by atoms with Crippen LogP contribution < -0.4 is 10.9 Å². The van der Waals surface area contributed by atoms with Gasteiger partial charge in [-0.1, -0.05) is 30.3 Å². The van der Waals surface area contributed by atoms with Crippen LogP contribution in [0.25, 0.3) is 11.1 Å².